The fourth-order valence-electron chi connectivity index (χ4n) is 2.82. The Morgan fingerprint density at radius 1 is 0.920 bits per heavy atom. The molecular weight excluding hydrogens is 318 g/mol. The topological polar surface area (TPSA) is 24.9 Å². The third-order valence-corrected chi connectivity index (χ3v) is 4.61. The second-order valence-electron chi connectivity index (χ2n) is 7.13. The van der Waals surface area contributed by atoms with Crippen molar-refractivity contribution in [2.24, 2.45) is 0 Å². The molecule has 0 fully saturated rings. The SMILES string of the molecule is CC(CCC(C)c1cccc(C(F)F)c1)Nc1ccc(C(C)C)cn1. The standard InChI is InChI=1S/C21H28F2N2/c1-14(2)19-10-11-20(24-13-19)25-16(4)9-8-15(3)17-6-5-7-18(12-17)21(22)23/h5-7,10-16,21H,8-9H2,1-4H3,(H,24,25). The molecule has 2 aromatic rings. The molecule has 4 heteroatoms. The molecule has 0 radical (unpaired) electrons. The second kappa shape index (κ2) is 8.93. The summed E-state index contributed by atoms with van der Waals surface area (Å²) in [6, 6.07) is 11.2. The Labute approximate surface area is 149 Å². The molecule has 0 saturated carbocycles. The number of halogens is 2. The van der Waals surface area contributed by atoms with Gasteiger partial charge in [0, 0.05) is 17.8 Å². The highest BCUT2D eigenvalue weighted by molar-refractivity contribution is 5.37. The van der Waals surface area contributed by atoms with Crippen LogP contribution >= 0.6 is 0 Å². The summed E-state index contributed by atoms with van der Waals surface area (Å²) in [4.78, 5) is 4.46. The first-order valence-electron chi connectivity index (χ1n) is 8.97. The van der Waals surface area contributed by atoms with E-state index in [-0.39, 0.29) is 17.5 Å². The summed E-state index contributed by atoms with van der Waals surface area (Å²) in [5, 5.41) is 3.41. The minimum absolute atomic E-state index is 0.102. The molecule has 0 spiro atoms. The van der Waals surface area contributed by atoms with Gasteiger partial charge >= 0.3 is 0 Å². The van der Waals surface area contributed by atoms with E-state index in [0.717, 1.165) is 24.2 Å². The van der Waals surface area contributed by atoms with Crippen molar-refractivity contribution in [1.29, 1.82) is 0 Å². The lowest BCUT2D eigenvalue weighted by atomic mass is 9.93. The number of nitrogens with one attached hydrogen (secondary N) is 1. The Hall–Kier alpha value is -1.97. The van der Waals surface area contributed by atoms with Gasteiger partial charge in [0.15, 0.2) is 0 Å². The van der Waals surface area contributed by atoms with E-state index in [9.17, 15) is 8.78 Å². The molecule has 1 heterocycles. The molecule has 136 valence electrons. The summed E-state index contributed by atoms with van der Waals surface area (Å²) in [6.07, 6.45) is 1.39. The Morgan fingerprint density at radius 2 is 1.64 bits per heavy atom. The lowest BCUT2D eigenvalue weighted by Crippen LogP contribution is -2.16. The van der Waals surface area contributed by atoms with Gasteiger partial charge in [-0.05, 0) is 54.9 Å². The molecule has 25 heavy (non-hydrogen) atoms. The molecule has 1 N–H and O–H groups in total. The van der Waals surface area contributed by atoms with Crippen LogP contribution in [0, 0.1) is 0 Å². The minimum Gasteiger partial charge on any atom is -0.368 e. The highest BCUT2D eigenvalue weighted by Gasteiger charge is 2.12. The number of rotatable bonds is 8. The summed E-state index contributed by atoms with van der Waals surface area (Å²) in [7, 11) is 0. The van der Waals surface area contributed by atoms with Crippen LogP contribution in [0.1, 0.15) is 75.5 Å². The van der Waals surface area contributed by atoms with E-state index in [1.165, 1.54) is 11.6 Å². The highest BCUT2D eigenvalue weighted by Crippen LogP contribution is 2.26. The average molecular weight is 346 g/mol. The molecule has 2 rings (SSSR count). The van der Waals surface area contributed by atoms with Crippen molar-refractivity contribution < 1.29 is 8.78 Å². The molecule has 1 aromatic heterocycles. The van der Waals surface area contributed by atoms with Crippen LogP contribution in [0.3, 0.4) is 0 Å². The van der Waals surface area contributed by atoms with E-state index in [0.29, 0.717) is 5.92 Å². The van der Waals surface area contributed by atoms with E-state index in [2.05, 4.69) is 44.1 Å². The summed E-state index contributed by atoms with van der Waals surface area (Å²) in [5.74, 6) is 1.60. The average Bonchev–Trinajstić information content (AvgIpc) is 2.60. The molecule has 0 bridgehead atoms. The molecule has 0 aliphatic heterocycles. The largest absolute Gasteiger partial charge is 0.368 e. The Morgan fingerprint density at radius 3 is 2.24 bits per heavy atom. The predicted molar refractivity (Wildman–Crippen MR) is 100 cm³/mol. The van der Waals surface area contributed by atoms with E-state index in [1.54, 1.807) is 12.1 Å². The zero-order valence-electron chi connectivity index (χ0n) is 15.5. The van der Waals surface area contributed by atoms with Crippen molar-refractivity contribution in [3.63, 3.8) is 0 Å². The number of hydrogen-bond acceptors (Lipinski definition) is 2. The lowest BCUT2D eigenvalue weighted by molar-refractivity contribution is 0.151. The van der Waals surface area contributed by atoms with Gasteiger partial charge in [0.05, 0.1) is 0 Å². The van der Waals surface area contributed by atoms with Crippen molar-refractivity contribution in [3.05, 3.63) is 59.3 Å². The zero-order chi connectivity index (χ0) is 18.4. The first kappa shape index (κ1) is 19.4. The molecule has 0 aliphatic carbocycles. The third kappa shape index (κ3) is 5.80. The number of aromatic nitrogens is 1. The van der Waals surface area contributed by atoms with Crippen molar-refractivity contribution in [3.8, 4) is 0 Å². The van der Waals surface area contributed by atoms with Gasteiger partial charge in [-0.15, -0.1) is 0 Å². The van der Waals surface area contributed by atoms with Gasteiger partial charge in [-0.2, -0.15) is 0 Å². The fraction of sp³-hybridized carbons (Fsp3) is 0.476. The summed E-state index contributed by atoms with van der Waals surface area (Å²) in [6.45, 7) is 8.52. The van der Waals surface area contributed by atoms with Crippen LogP contribution in [-0.4, -0.2) is 11.0 Å². The van der Waals surface area contributed by atoms with Crippen LogP contribution in [0.2, 0.25) is 0 Å². The van der Waals surface area contributed by atoms with Gasteiger partial charge in [-0.25, -0.2) is 13.8 Å². The van der Waals surface area contributed by atoms with Crippen molar-refractivity contribution in [2.75, 3.05) is 5.32 Å². The van der Waals surface area contributed by atoms with E-state index in [1.807, 2.05) is 18.3 Å². The van der Waals surface area contributed by atoms with Crippen molar-refractivity contribution in [2.45, 2.75) is 64.8 Å². The van der Waals surface area contributed by atoms with Crippen molar-refractivity contribution >= 4 is 5.82 Å². The van der Waals surface area contributed by atoms with Crippen LogP contribution in [0.25, 0.3) is 0 Å². The Kier molecular flexibility index (Phi) is 6.91. The smallest absolute Gasteiger partial charge is 0.263 e. The van der Waals surface area contributed by atoms with Gasteiger partial charge in [0.25, 0.3) is 6.43 Å². The van der Waals surface area contributed by atoms with Gasteiger partial charge in [0.2, 0.25) is 0 Å². The number of pyridine rings is 1. The van der Waals surface area contributed by atoms with Gasteiger partial charge in [-0.3, -0.25) is 0 Å². The molecule has 2 unspecified atom stereocenters. The number of hydrogen-bond donors (Lipinski definition) is 1. The number of alkyl halides is 2. The predicted octanol–water partition coefficient (Wildman–Crippen LogP) is 6.53. The Bertz CT molecular complexity index is 653. The van der Waals surface area contributed by atoms with Gasteiger partial charge in [-0.1, -0.05) is 45.0 Å². The molecule has 0 amide bonds. The maximum absolute atomic E-state index is 12.8. The van der Waals surface area contributed by atoms with E-state index in [4.69, 9.17) is 0 Å². The van der Waals surface area contributed by atoms with Crippen molar-refractivity contribution in [1.82, 2.24) is 4.98 Å². The van der Waals surface area contributed by atoms with Crippen LogP contribution < -0.4 is 5.32 Å². The van der Waals surface area contributed by atoms with Crippen LogP contribution in [-0.2, 0) is 0 Å². The minimum atomic E-state index is -2.41. The molecule has 2 atom stereocenters. The molecule has 0 aliphatic rings. The zero-order valence-corrected chi connectivity index (χ0v) is 15.5. The van der Waals surface area contributed by atoms with E-state index < -0.39 is 6.43 Å². The van der Waals surface area contributed by atoms with Crippen LogP contribution in [0.5, 0.6) is 0 Å². The summed E-state index contributed by atoms with van der Waals surface area (Å²) in [5.41, 5.74) is 2.31. The maximum Gasteiger partial charge on any atom is 0.263 e. The molecule has 2 nitrogen and oxygen atoms in total. The fourth-order valence-corrected chi connectivity index (χ4v) is 2.82. The monoisotopic (exact) mass is 346 g/mol. The molecule has 1 aromatic carbocycles. The highest BCUT2D eigenvalue weighted by atomic mass is 19.3. The molecular formula is C21H28F2N2. The van der Waals surface area contributed by atoms with E-state index >= 15 is 0 Å². The summed E-state index contributed by atoms with van der Waals surface area (Å²) >= 11 is 0. The van der Waals surface area contributed by atoms with Gasteiger partial charge < -0.3 is 5.32 Å². The first-order valence-corrected chi connectivity index (χ1v) is 8.97. The number of nitrogens with zero attached hydrogens (tertiary/aromatic N) is 1. The first-order chi connectivity index (χ1) is 11.9. The molecule has 0 saturated heterocycles. The maximum atomic E-state index is 12.8. The van der Waals surface area contributed by atoms with Crippen LogP contribution in [0.15, 0.2) is 42.6 Å². The lowest BCUT2D eigenvalue weighted by Gasteiger charge is -2.18. The summed E-state index contributed by atoms with van der Waals surface area (Å²) < 4.78 is 25.7. The number of anilines is 1. The van der Waals surface area contributed by atoms with Gasteiger partial charge in [0.1, 0.15) is 5.82 Å². The normalized spacial score (nSPS) is 13.9. The number of benzene rings is 1. The Balaban J connectivity index is 1.86. The second-order valence-corrected chi connectivity index (χ2v) is 7.13. The third-order valence-electron chi connectivity index (χ3n) is 4.61. The van der Waals surface area contributed by atoms with Crippen LogP contribution in [0.4, 0.5) is 14.6 Å². The quantitative estimate of drug-likeness (QED) is 0.588.